The number of fused-ring (bicyclic) bond motifs is 3. The number of carbonyl (C=O) groups excluding carboxylic acids is 1. The first-order valence-corrected chi connectivity index (χ1v) is 11.9. The molecule has 5 aromatic rings. The molecule has 0 N–H and O–H groups in total. The van der Waals surface area contributed by atoms with Crippen LogP contribution in [0, 0.1) is 0 Å². The van der Waals surface area contributed by atoms with Crippen LogP contribution in [-0.2, 0) is 17.9 Å². The number of unbranched alkanes of at least 4 members (excludes halogenated alkanes) is 1. The van der Waals surface area contributed by atoms with E-state index in [2.05, 4.69) is 23.6 Å². The van der Waals surface area contributed by atoms with Crippen LogP contribution in [0.2, 0.25) is 5.02 Å². The molecule has 34 heavy (non-hydrogen) atoms. The highest BCUT2D eigenvalue weighted by Gasteiger charge is 2.21. The van der Waals surface area contributed by atoms with Gasteiger partial charge in [0.15, 0.2) is 0 Å². The maximum absolute atomic E-state index is 13.1. The number of aryl methyl sites for hydroxylation is 1. The second-order valence-corrected chi connectivity index (χ2v) is 8.78. The highest BCUT2D eigenvalue weighted by molar-refractivity contribution is 6.30. The summed E-state index contributed by atoms with van der Waals surface area (Å²) in [5.41, 5.74) is 5.06. The first-order valence-electron chi connectivity index (χ1n) is 11.5. The third-order valence-corrected chi connectivity index (χ3v) is 6.27. The van der Waals surface area contributed by atoms with Gasteiger partial charge in [-0.05, 0) is 36.2 Å². The van der Waals surface area contributed by atoms with Crippen LogP contribution in [-0.4, -0.2) is 15.5 Å². The summed E-state index contributed by atoms with van der Waals surface area (Å²) in [5.74, 6) is -0.439. The third-order valence-electron chi connectivity index (χ3n) is 6.02. The summed E-state index contributed by atoms with van der Waals surface area (Å²) in [6.45, 7) is 3.27. The minimum atomic E-state index is -0.439. The minimum absolute atomic E-state index is 0.202. The number of halogens is 1. The second-order valence-electron chi connectivity index (χ2n) is 8.34. The average Bonchev–Trinajstić information content (AvgIpc) is 3.20. The van der Waals surface area contributed by atoms with E-state index in [0.29, 0.717) is 10.7 Å². The molecule has 0 fully saturated rings. The molecule has 0 aliphatic rings. The number of esters is 1. The fourth-order valence-corrected chi connectivity index (χ4v) is 4.46. The maximum atomic E-state index is 13.1. The topological polar surface area (TPSA) is 44.1 Å². The molecule has 0 saturated carbocycles. The van der Waals surface area contributed by atoms with Crippen molar-refractivity contribution >= 4 is 39.4 Å². The first-order chi connectivity index (χ1) is 16.7. The van der Waals surface area contributed by atoms with Gasteiger partial charge in [-0.15, -0.1) is 0 Å². The summed E-state index contributed by atoms with van der Waals surface area (Å²) in [4.78, 5) is 17.9. The molecule has 0 radical (unpaired) electrons. The second kappa shape index (κ2) is 9.70. The lowest BCUT2D eigenvalue weighted by Crippen LogP contribution is -2.09. The Morgan fingerprint density at radius 3 is 2.44 bits per heavy atom. The Hall–Kier alpha value is -3.63. The zero-order valence-electron chi connectivity index (χ0n) is 19.0. The van der Waals surface area contributed by atoms with Crippen molar-refractivity contribution in [3.8, 4) is 11.3 Å². The van der Waals surface area contributed by atoms with E-state index in [4.69, 9.17) is 21.3 Å². The SMILES string of the molecule is CCCCn1c2ccccc2c2cc(C(=O)OCc3ccccc3)nc(-c3ccc(Cl)cc3)c21. The lowest BCUT2D eigenvalue weighted by molar-refractivity contribution is 0.0466. The Bertz CT molecular complexity index is 1460. The molecule has 5 rings (SSSR count). The summed E-state index contributed by atoms with van der Waals surface area (Å²) in [6, 6.07) is 27.4. The minimum Gasteiger partial charge on any atom is -0.456 e. The molecule has 170 valence electrons. The molecule has 0 amide bonds. The zero-order valence-corrected chi connectivity index (χ0v) is 19.8. The Labute approximate surface area is 203 Å². The lowest BCUT2D eigenvalue weighted by atomic mass is 10.1. The number of pyridine rings is 1. The molecular formula is C29H25ClN2O2. The van der Waals surface area contributed by atoms with E-state index in [-0.39, 0.29) is 6.61 Å². The van der Waals surface area contributed by atoms with Gasteiger partial charge in [-0.3, -0.25) is 0 Å². The Morgan fingerprint density at radius 2 is 1.68 bits per heavy atom. The Kier molecular flexibility index (Phi) is 6.33. The molecular weight excluding hydrogens is 444 g/mol. The number of para-hydroxylation sites is 1. The van der Waals surface area contributed by atoms with Gasteiger partial charge >= 0.3 is 5.97 Å². The number of ether oxygens (including phenoxy) is 1. The molecule has 0 unspecified atom stereocenters. The molecule has 0 saturated heterocycles. The van der Waals surface area contributed by atoms with Crippen molar-refractivity contribution in [2.75, 3.05) is 0 Å². The van der Waals surface area contributed by atoms with Crippen LogP contribution < -0.4 is 0 Å². The van der Waals surface area contributed by atoms with Gasteiger partial charge in [0.25, 0.3) is 0 Å². The van der Waals surface area contributed by atoms with Crippen LogP contribution in [0.15, 0.2) is 84.9 Å². The van der Waals surface area contributed by atoms with Crippen molar-refractivity contribution in [2.24, 2.45) is 0 Å². The quantitative estimate of drug-likeness (QED) is 0.230. The predicted octanol–water partition coefficient (Wildman–Crippen LogP) is 7.67. The van der Waals surface area contributed by atoms with Crippen molar-refractivity contribution in [3.63, 3.8) is 0 Å². The van der Waals surface area contributed by atoms with Gasteiger partial charge in [0.05, 0.1) is 11.2 Å². The van der Waals surface area contributed by atoms with E-state index in [1.807, 2.05) is 72.8 Å². The van der Waals surface area contributed by atoms with Crippen LogP contribution in [0.3, 0.4) is 0 Å². The summed E-state index contributed by atoms with van der Waals surface area (Å²) in [7, 11) is 0. The molecule has 4 nitrogen and oxygen atoms in total. The number of hydrogen-bond donors (Lipinski definition) is 0. The van der Waals surface area contributed by atoms with E-state index >= 15 is 0 Å². The van der Waals surface area contributed by atoms with Gasteiger partial charge < -0.3 is 9.30 Å². The fourth-order valence-electron chi connectivity index (χ4n) is 4.33. The van der Waals surface area contributed by atoms with Gasteiger partial charge in [-0.2, -0.15) is 0 Å². The van der Waals surface area contributed by atoms with Crippen LogP contribution in [0.4, 0.5) is 0 Å². The summed E-state index contributed by atoms with van der Waals surface area (Å²) >= 11 is 6.16. The van der Waals surface area contributed by atoms with E-state index in [1.54, 1.807) is 0 Å². The van der Waals surface area contributed by atoms with E-state index in [1.165, 1.54) is 0 Å². The standard InChI is InChI=1S/C29H25ClN2O2/c1-2-3-17-32-26-12-8-7-11-23(26)24-18-25(29(33)34-19-20-9-5-4-6-10-20)31-27(28(24)32)21-13-15-22(30)16-14-21/h4-16,18H,2-3,17,19H2,1H3. The van der Waals surface area contributed by atoms with Gasteiger partial charge in [-0.25, -0.2) is 9.78 Å². The number of benzene rings is 3. The maximum Gasteiger partial charge on any atom is 0.357 e. The van der Waals surface area contributed by atoms with Crippen LogP contribution in [0.1, 0.15) is 35.8 Å². The Morgan fingerprint density at radius 1 is 0.941 bits per heavy atom. The van der Waals surface area contributed by atoms with Crippen LogP contribution in [0.25, 0.3) is 33.1 Å². The number of rotatable bonds is 7. The number of nitrogens with zero attached hydrogens (tertiary/aromatic N) is 2. The van der Waals surface area contributed by atoms with Crippen molar-refractivity contribution < 1.29 is 9.53 Å². The molecule has 2 heterocycles. The van der Waals surface area contributed by atoms with Crippen LogP contribution >= 0.6 is 11.6 Å². The summed E-state index contributed by atoms with van der Waals surface area (Å²) in [5, 5.41) is 2.76. The highest BCUT2D eigenvalue weighted by atomic mass is 35.5. The van der Waals surface area contributed by atoms with Gasteiger partial charge in [0.2, 0.25) is 0 Å². The summed E-state index contributed by atoms with van der Waals surface area (Å²) in [6.07, 6.45) is 2.14. The van der Waals surface area contributed by atoms with Crippen molar-refractivity contribution in [3.05, 3.63) is 101 Å². The van der Waals surface area contributed by atoms with Gasteiger partial charge in [0, 0.05) is 33.4 Å². The molecule has 0 aliphatic carbocycles. The fraction of sp³-hybridized carbons (Fsp3) is 0.172. The number of aromatic nitrogens is 2. The van der Waals surface area contributed by atoms with Crippen molar-refractivity contribution in [1.29, 1.82) is 0 Å². The number of hydrogen-bond acceptors (Lipinski definition) is 3. The van der Waals surface area contributed by atoms with E-state index in [0.717, 1.165) is 58.0 Å². The smallest absolute Gasteiger partial charge is 0.357 e. The monoisotopic (exact) mass is 468 g/mol. The lowest BCUT2D eigenvalue weighted by Gasteiger charge is -2.12. The highest BCUT2D eigenvalue weighted by Crippen LogP contribution is 2.36. The largest absolute Gasteiger partial charge is 0.456 e. The van der Waals surface area contributed by atoms with Crippen molar-refractivity contribution in [1.82, 2.24) is 9.55 Å². The summed E-state index contributed by atoms with van der Waals surface area (Å²) < 4.78 is 7.95. The van der Waals surface area contributed by atoms with Gasteiger partial charge in [-0.1, -0.05) is 85.6 Å². The first kappa shape index (κ1) is 22.2. The van der Waals surface area contributed by atoms with Crippen molar-refractivity contribution in [2.45, 2.75) is 32.9 Å². The van der Waals surface area contributed by atoms with E-state index in [9.17, 15) is 4.79 Å². The number of carbonyl (C=O) groups is 1. The molecule has 0 bridgehead atoms. The average molecular weight is 469 g/mol. The Balaban J connectivity index is 1.68. The normalized spacial score (nSPS) is 11.2. The zero-order chi connectivity index (χ0) is 23.5. The van der Waals surface area contributed by atoms with Gasteiger partial charge in [0.1, 0.15) is 12.3 Å². The molecule has 3 aromatic carbocycles. The van der Waals surface area contributed by atoms with E-state index < -0.39 is 5.97 Å². The predicted molar refractivity (Wildman–Crippen MR) is 138 cm³/mol. The molecule has 5 heteroatoms. The third kappa shape index (κ3) is 4.29. The molecule has 0 atom stereocenters. The van der Waals surface area contributed by atoms with Crippen LogP contribution in [0.5, 0.6) is 0 Å². The molecule has 0 aliphatic heterocycles. The molecule has 2 aromatic heterocycles. The molecule has 0 spiro atoms.